The number of carbonyl (C=O) groups excluding carboxylic acids is 1. The average molecular weight is 478 g/mol. The van der Waals surface area contributed by atoms with Crippen LogP contribution in [0.3, 0.4) is 0 Å². The van der Waals surface area contributed by atoms with Crippen molar-refractivity contribution in [1.29, 1.82) is 0 Å². The molecule has 1 aliphatic rings. The summed E-state index contributed by atoms with van der Waals surface area (Å²) in [6.07, 6.45) is 3.33. The molecule has 0 unspecified atom stereocenters. The second-order valence-electron chi connectivity index (χ2n) is 9.36. The average Bonchev–Trinajstić information content (AvgIpc) is 2.82. The van der Waals surface area contributed by atoms with E-state index in [9.17, 15) is 4.79 Å². The van der Waals surface area contributed by atoms with Gasteiger partial charge in [0.1, 0.15) is 18.2 Å². The first-order valence-electron chi connectivity index (χ1n) is 11.5. The zero-order valence-corrected chi connectivity index (χ0v) is 20.5. The van der Waals surface area contributed by atoms with Crippen molar-refractivity contribution in [3.05, 3.63) is 53.9 Å². The number of hydrogen-bond donors (Lipinski definition) is 2. The van der Waals surface area contributed by atoms with Crippen molar-refractivity contribution >= 4 is 23.6 Å². The van der Waals surface area contributed by atoms with Gasteiger partial charge in [0.25, 0.3) is 0 Å². The molecule has 11 nitrogen and oxygen atoms in total. The number of aromatic nitrogens is 5. The van der Waals surface area contributed by atoms with Crippen molar-refractivity contribution in [3.63, 3.8) is 0 Å². The molecule has 35 heavy (non-hydrogen) atoms. The third-order valence-electron chi connectivity index (χ3n) is 5.57. The number of ether oxygens (including phenoxy) is 1. The van der Waals surface area contributed by atoms with Gasteiger partial charge in [0.2, 0.25) is 5.95 Å². The minimum Gasteiger partial charge on any atom is -0.483 e. The lowest BCUT2D eigenvalue weighted by Crippen LogP contribution is -2.50. The number of nitrogens with two attached hydrogens (primary N) is 1. The van der Waals surface area contributed by atoms with Crippen molar-refractivity contribution in [1.82, 2.24) is 29.8 Å². The summed E-state index contributed by atoms with van der Waals surface area (Å²) in [6.45, 7) is 10.7. The van der Waals surface area contributed by atoms with Gasteiger partial charge in [-0.2, -0.15) is 0 Å². The molecular formula is C24H31N9O2. The summed E-state index contributed by atoms with van der Waals surface area (Å²) in [5, 5.41) is 2.93. The zero-order valence-electron chi connectivity index (χ0n) is 20.5. The molecule has 4 rings (SSSR count). The molecular weight excluding hydrogens is 446 g/mol. The highest BCUT2D eigenvalue weighted by Gasteiger charge is 2.25. The van der Waals surface area contributed by atoms with Gasteiger partial charge >= 0.3 is 6.03 Å². The van der Waals surface area contributed by atoms with Crippen LogP contribution >= 0.6 is 0 Å². The summed E-state index contributed by atoms with van der Waals surface area (Å²) < 4.78 is 5.98. The highest BCUT2D eigenvalue weighted by Crippen LogP contribution is 2.27. The number of nitrogens with zero attached hydrogens (tertiary/aromatic N) is 7. The predicted molar refractivity (Wildman–Crippen MR) is 133 cm³/mol. The van der Waals surface area contributed by atoms with E-state index in [1.165, 1.54) is 0 Å². The zero-order chi connectivity index (χ0) is 25.0. The van der Waals surface area contributed by atoms with E-state index in [4.69, 9.17) is 10.5 Å². The standard InChI is InChI=1S/C24H31N9O2/c1-16-28-19(24(2,3)4)14-20(29-16)31-23(34)33-12-10-32(11-13-33)21-18(6-5-8-26-21)35-15-17-7-9-27-22(25)30-17/h5-9,14H,10-13,15H2,1-4H3,(H2,25,27,30)(H,28,29,31,34). The molecule has 0 aromatic carbocycles. The highest BCUT2D eigenvalue weighted by molar-refractivity contribution is 5.88. The number of carbonyl (C=O) groups is 1. The van der Waals surface area contributed by atoms with E-state index >= 15 is 0 Å². The van der Waals surface area contributed by atoms with Crippen LogP contribution in [0.1, 0.15) is 38.0 Å². The Balaban J connectivity index is 1.37. The van der Waals surface area contributed by atoms with Crippen LogP contribution in [0.2, 0.25) is 0 Å². The molecule has 0 saturated carbocycles. The van der Waals surface area contributed by atoms with Crippen molar-refractivity contribution < 1.29 is 9.53 Å². The lowest BCUT2D eigenvalue weighted by Gasteiger charge is -2.35. The maximum atomic E-state index is 12.9. The largest absolute Gasteiger partial charge is 0.483 e. The number of anilines is 3. The van der Waals surface area contributed by atoms with Crippen LogP contribution < -0.4 is 20.7 Å². The van der Waals surface area contributed by atoms with Crippen LogP contribution in [0.4, 0.5) is 22.4 Å². The maximum absolute atomic E-state index is 12.9. The van der Waals surface area contributed by atoms with Crippen molar-refractivity contribution in [2.24, 2.45) is 0 Å². The first-order chi connectivity index (χ1) is 16.7. The Morgan fingerprint density at radius 2 is 1.86 bits per heavy atom. The topological polar surface area (TPSA) is 135 Å². The lowest BCUT2D eigenvalue weighted by molar-refractivity contribution is 0.207. The molecule has 3 aromatic rings. The molecule has 3 N–H and O–H groups in total. The Labute approximate surface area is 204 Å². The van der Waals surface area contributed by atoms with Gasteiger partial charge in [-0.1, -0.05) is 20.8 Å². The van der Waals surface area contributed by atoms with Crippen molar-refractivity contribution in [2.75, 3.05) is 42.1 Å². The Hall–Kier alpha value is -4.02. The van der Waals surface area contributed by atoms with Crippen LogP contribution in [0, 0.1) is 6.92 Å². The number of urea groups is 1. The van der Waals surface area contributed by atoms with E-state index in [1.54, 1.807) is 23.4 Å². The molecule has 0 radical (unpaired) electrons. The normalized spacial score (nSPS) is 14.1. The van der Waals surface area contributed by atoms with E-state index in [2.05, 4.69) is 55.9 Å². The molecule has 3 aromatic heterocycles. The van der Waals surface area contributed by atoms with Crippen LogP contribution in [0.25, 0.3) is 0 Å². The summed E-state index contributed by atoms with van der Waals surface area (Å²) in [5.41, 5.74) is 7.08. The summed E-state index contributed by atoms with van der Waals surface area (Å²) in [5.74, 6) is 2.73. The number of amides is 2. The van der Waals surface area contributed by atoms with Gasteiger partial charge in [-0.25, -0.2) is 29.7 Å². The van der Waals surface area contributed by atoms with Gasteiger partial charge in [0, 0.05) is 50.1 Å². The monoisotopic (exact) mass is 477 g/mol. The van der Waals surface area contributed by atoms with Gasteiger partial charge in [-0.15, -0.1) is 0 Å². The minimum absolute atomic E-state index is 0.138. The molecule has 0 spiro atoms. The predicted octanol–water partition coefficient (Wildman–Crippen LogP) is 2.78. The summed E-state index contributed by atoms with van der Waals surface area (Å²) in [6, 6.07) is 7.11. The molecule has 184 valence electrons. The number of nitrogens with one attached hydrogen (secondary N) is 1. The fraction of sp³-hybridized carbons (Fsp3) is 0.417. The lowest BCUT2D eigenvalue weighted by atomic mass is 9.92. The molecule has 2 amide bonds. The Kier molecular flexibility index (Phi) is 6.94. The SMILES string of the molecule is Cc1nc(NC(=O)N2CCN(c3ncccc3OCc3ccnc(N)n3)CC2)cc(C(C)(C)C)n1. The Morgan fingerprint density at radius 3 is 2.57 bits per heavy atom. The van der Waals surface area contributed by atoms with Crippen molar-refractivity contribution in [2.45, 2.75) is 39.7 Å². The fourth-order valence-electron chi connectivity index (χ4n) is 3.70. The summed E-state index contributed by atoms with van der Waals surface area (Å²) in [7, 11) is 0. The van der Waals surface area contributed by atoms with Crippen molar-refractivity contribution in [3.8, 4) is 5.75 Å². The van der Waals surface area contributed by atoms with Gasteiger partial charge in [0.15, 0.2) is 11.6 Å². The van der Waals surface area contributed by atoms with E-state index in [0.29, 0.717) is 49.3 Å². The van der Waals surface area contributed by atoms with E-state index in [1.807, 2.05) is 25.1 Å². The van der Waals surface area contributed by atoms with E-state index in [-0.39, 0.29) is 24.0 Å². The maximum Gasteiger partial charge on any atom is 0.323 e. The number of aryl methyl sites for hydroxylation is 1. The number of piperazine rings is 1. The van der Waals surface area contributed by atoms with Crippen LogP contribution in [0.5, 0.6) is 5.75 Å². The first kappa shape index (κ1) is 24.1. The molecule has 1 aliphatic heterocycles. The molecule has 0 atom stereocenters. The smallest absolute Gasteiger partial charge is 0.323 e. The Bertz CT molecular complexity index is 1190. The summed E-state index contributed by atoms with van der Waals surface area (Å²) in [4.78, 5) is 38.3. The number of rotatable bonds is 5. The van der Waals surface area contributed by atoms with E-state index in [0.717, 1.165) is 11.5 Å². The third kappa shape index (κ3) is 6.11. The second kappa shape index (κ2) is 10.1. The van der Waals surface area contributed by atoms with E-state index < -0.39 is 0 Å². The number of hydrogen-bond acceptors (Lipinski definition) is 9. The number of nitrogen functional groups attached to an aromatic ring is 1. The number of pyridine rings is 1. The van der Waals surface area contributed by atoms with Gasteiger partial charge in [-0.3, -0.25) is 5.32 Å². The molecule has 1 fully saturated rings. The molecule has 0 aliphatic carbocycles. The summed E-state index contributed by atoms with van der Waals surface area (Å²) >= 11 is 0. The molecule has 11 heteroatoms. The van der Waals surface area contributed by atoms with Gasteiger partial charge in [-0.05, 0) is 25.1 Å². The first-order valence-corrected chi connectivity index (χ1v) is 11.5. The second-order valence-corrected chi connectivity index (χ2v) is 9.36. The Morgan fingerprint density at radius 1 is 1.09 bits per heavy atom. The molecule has 4 heterocycles. The molecule has 1 saturated heterocycles. The quantitative estimate of drug-likeness (QED) is 0.568. The fourth-order valence-corrected chi connectivity index (χ4v) is 3.70. The molecule has 0 bridgehead atoms. The van der Waals surface area contributed by atoms with Crippen LogP contribution in [-0.2, 0) is 12.0 Å². The van der Waals surface area contributed by atoms with Gasteiger partial charge in [0.05, 0.1) is 11.4 Å². The van der Waals surface area contributed by atoms with Crippen LogP contribution in [0.15, 0.2) is 36.7 Å². The van der Waals surface area contributed by atoms with Crippen LogP contribution in [-0.4, -0.2) is 62.0 Å². The minimum atomic E-state index is -0.179. The van der Waals surface area contributed by atoms with Gasteiger partial charge < -0.3 is 20.3 Å². The highest BCUT2D eigenvalue weighted by atomic mass is 16.5. The third-order valence-corrected chi connectivity index (χ3v) is 5.57.